The Balaban J connectivity index is 1.76. The Kier molecular flexibility index (Phi) is 5.13. The second kappa shape index (κ2) is 7.19. The molecule has 1 saturated heterocycles. The molecular weight excluding hydrogens is 326 g/mol. The van der Waals surface area contributed by atoms with Gasteiger partial charge in [0.25, 0.3) is 0 Å². The van der Waals surface area contributed by atoms with E-state index in [1.165, 1.54) is 18.4 Å². The molecule has 1 aliphatic heterocycles. The van der Waals surface area contributed by atoms with Crippen LogP contribution in [0.1, 0.15) is 63.1 Å². The van der Waals surface area contributed by atoms with E-state index in [-0.39, 0.29) is 6.09 Å². The number of anilines is 1. The zero-order valence-corrected chi connectivity index (χ0v) is 16.3. The zero-order chi connectivity index (χ0) is 18.9. The number of carbonyl (C=O) groups is 1. The average molecular weight is 355 g/mol. The van der Waals surface area contributed by atoms with E-state index in [0.717, 1.165) is 36.3 Å². The lowest BCUT2D eigenvalue weighted by molar-refractivity contribution is 0.0240. The predicted molar refractivity (Wildman–Crippen MR) is 103 cm³/mol. The van der Waals surface area contributed by atoms with Crippen LogP contribution in [0.2, 0.25) is 0 Å². The first-order valence-electron chi connectivity index (χ1n) is 9.62. The number of aryl methyl sites for hydroxylation is 1. The highest BCUT2D eigenvalue weighted by Gasteiger charge is 2.29. The van der Waals surface area contributed by atoms with E-state index < -0.39 is 5.60 Å². The number of piperazine rings is 1. The summed E-state index contributed by atoms with van der Waals surface area (Å²) in [5.41, 5.74) is 3.86. The molecule has 0 bridgehead atoms. The molecule has 0 unspecified atom stereocenters. The highest BCUT2D eigenvalue weighted by Crippen LogP contribution is 2.42. The number of carbonyl (C=O) groups excluding carboxylic acids is 1. The van der Waals surface area contributed by atoms with Crippen molar-refractivity contribution in [2.45, 2.75) is 58.5 Å². The van der Waals surface area contributed by atoms with Crippen LogP contribution in [0.25, 0.3) is 0 Å². The van der Waals surface area contributed by atoms with Crippen molar-refractivity contribution >= 4 is 11.8 Å². The van der Waals surface area contributed by atoms with Crippen LogP contribution in [0.3, 0.4) is 0 Å². The van der Waals surface area contributed by atoms with Gasteiger partial charge in [0.15, 0.2) is 0 Å². The van der Waals surface area contributed by atoms with E-state index in [2.05, 4.69) is 30.0 Å². The van der Waals surface area contributed by atoms with Crippen LogP contribution in [0.5, 0.6) is 0 Å². The summed E-state index contributed by atoms with van der Waals surface area (Å²) in [6, 6.07) is 6.84. The summed E-state index contributed by atoms with van der Waals surface area (Å²) in [6.45, 7) is 10.5. The van der Waals surface area contributed by atoms with Crippen LogP contribution in [0, 0.1) is 11.3 Å². The van der Waals surface area contributed by atoms with Gasteiger partial charge in [0.05, 0.1) is 11.3 Å². The normalized spacial score (nSPS) is 17.8. The molecule has 140 valence electrons. The van der Waals surface area contributed by atoms with Crippen molar-refractivity contribution in [3.05, 3.63) is 28.8 Å². The van der Waals surface area contributed by atoms with Gasteiger partial charge in [-0.2, -0.15) is 5.26 Å². The molecule has 5 heteroatoms. The van der Waals surface area contributed by atoms with E-state index in [4.69, 9.17) is 4.74 Å². The summed E-state index contributed by atoms with van der Waals surface area (Å²) < 4.78 is 5.47. The molecular formula is C21H29N3O2. The number of hydrogen-bond acceptors (Lipinski definition) is 4. The third-order valence-corrected chi connectivity index (χ3v) is 5.04. The third-order valence-electron chi connectivity index (χ3n) is 5.04. The summed E-state index contributed by atoms with van der Waals surface area (Å²) in [5.74, 6) is 0.662. The van der Waals surface area contributed by atoms with E-state index in [1.54, 1.807) is 4.90 Å². The second-order valence-corrected chi connectivity index (χ2v) is 8.27. The molecule has 1 aromatic rings. The molecule has 1 aliphatic carbocycles. The van der Waals surface area contributed by atoms with E-state index in [0.29, 0.717) is 19.0 Å². The number of ether oxygens (including phenoxy) is 1. The Labute approximate surface area is 156 Å². The summed E-state index contributed by atoms with van der Waals surface area (Å²) in [4.78, 5) is 16.3. The van der Waals surface area contributed by atoms with Crippen molar-refractivity contribution in [2.24, 2.45) is 0 Å². The molecule has 0 radical (unpaired) electrons. The van der Waals surface area contributed by atoms with Gasteiger partial charge in [-0.05, 0) is 63.1 Å². The molecule has 0 aromatic heterocycles. The van der Waals surface area contributed by atoms with Gasteiger partial charge in [-0.3, -0.25) is 0 Å². The number of rotatable bonds is 3. The van der Waals surface area contributed by atoms with Gasteiger partial charge in [-0.25, -0.2) is 4.79 Å². The highest BCUT2D eigenvalue weighted by molar-refractivity contribution is 5.69. The molecule has 3 rings (SSSR count). The van der Waals surface area contributed by atoms with Gasteiger partial charge in [-0.15, -0.1) is 0 Å². The summed E-state index contributed by atoms with van der Waals surface area (Å²) >= 11 is 0. The van der Waals surface area contributed by atoms with Crippen molar-refractivity contribution in [1.82, 2.24) is 4.90 Å². The Morgan fingerprint density at radius 2 is 1.88 bits per heavy atom. The minimum atomic E-state index is -0.475. The van der Waals surface area contributed by atoms with Crippen LogP contribution < -0.4 is 4.90 Å². The van der Waals surface area contributed by atoms with Gasteiger partial charge in [-0.1, -0.05) is 13.0 Å². The smallest absolute Gasteiger partial charge is 0.410 e. The molecule has 5 nitrogen and oxygen atoms in total. The van der Waals surface area contributed by atoms with Crippen molar-refractivity contribution < 1.29 is 9.53 Å². The Morgan fingerprint density at radius 3 is 2.38 bits per heavy atom. The lowest BCUT2D eigenvalue weighted by Gasteiger charge is -2.37. The SMILES string of the molecule is CCc1cc(C2CC2)cc(N2CCN(C(=O)OC(C)(C)C)CC2)c1C#N. The summed E-state index contributed by atoms with van der Waals surface area (Å²) in [7, 11) is 0. The molecule has 26 heavy (non-hydrogen) atoms. The molecule has 0 atom stereocenters. The standard InChI is InChI=1S/C21H29N3O2/c1-5-15-12-17(16-6-7-16)13-19(18(15)14-22)23-8-10-24(11-9-23)20(25)26-21(2,3)4/h12-13,16H,5-11H2,1-4H3. The molecule has 1 amide bonds. The maximum absolute atomic E-state index is 12.3. The van der Waals surface area contributed by atoms with Crippen LogP contribution >= 0.6 is 0 Å². The van der Waals surface area contributed by atoms with Gasteiger partial charge < -0.3 is 14.5 Å². The van der Waals surface area contributed by atoms with Crippen molar-refractivity contribution in [3.8, 4) is 6.07 Å². The Morgan fingerprint density at radius 1 is 1.23 bits per heavy atom. The molecule has 2 fully saturated rings. The molecule has 1 heterocycles. The van der Waals surface area contributed by atoms with E-state index in [9.17, 15) is 10.1 Å². The maximum Gasteiger partial charge on any atom is 0.410 e. The lowest BCUT2D eigenvalue weighted by atomic mass is 9.97. The van der Waals surface area contributed by atoms with Gasteiger partial charge in [0.2, 0.25) is 0 Å². The zero-order valence-electron chi connectivity index (χ0n) is 16.3. The number of amides is 1. The largest absolute Gasteiger partial charge is 0.444 e. The van der Waals surface area contributed by atoms with Gasteiger partial charge in [0, 0.05) is 26.2 Å². The first-order chi connectivity index (χ1) is 12.3. The number of nitriles is 1. The van der Waals surface area contributed by atoms with Crippen molar-refractivity contribution in [3.63, 3.8) is 0 Å². The van der Waals surface area contributed by atoms with Crippen LogP contribution in [0.15, 0.2) is 12.1 Å². The van der Waals surface area contributed by atoms with Crippen molar-refractivity contribution in [1.29, 1.82) is 5.26 Å². The minimum absolute atomic E-state index is 0.251. The maximum atomic E-state index is 12.3. The monoisotopic (exact) mass is 355 g/mol. The van der Waals surface area contributed by atoms with Crippen molar-refractivity contribution in [2.75, 3.05) is 31.1 Å². The lowest BCUT2D eigenvalue weighted by Crippen LogP contribution is -2.50. The fourth-order valence-electron chi connectivity index (χ4n) is 3.48. The molecule has 1 aromatic carbocycles. The fourth-order valence-corrected chi connectivity index (χ4v) is 3.48. The predicted octanol–water partition coefficient (Wildman–Crippen LogP) is 4.06. The summed E-state index contributed by atoms with van der Waals surface area (Å²) in [5, 5.41) is 9.71. The minimum Gasteiger partial charge on any atom is -0.444 e. The van der Waals surface area contributed by atoms with Crippen LogP contribution in [-0.2, 0) is 11.2 Å². The van der Waals surface area contributed by atoms with Gasteiger partial charge in [0.1, 0.15) is 11.7 Å². The summed E-state index contributed by atoms with van der Waals surface area (Å²) in [6.07, 6.45) is 3.12. The molecule has 2 aliphatic rings. The van der Waals surface area contributed by atoms with Gasteiger partial charge >= 0.3 is 6.09 Å². The van der Waals surface area contributed by atoms with E-state index >= 15 is 0 Å². The number of benzene rings is 1. The number of hydrogen-bond donors (Lipinski definition) is 0. The third kappa shape index (κ3) is 4.12. The Hall–Kier alpha value is -2.22. The molecule has 0 spiro atoms. The fraction of sp³-hybridized carbons (Fsp3) is 0.619. The molecule has 1 saturated carbocycles. The topological polar surface area (TPSA) is 56.6 Å². The quantitative estimate of drug-likeness (QED) is 0.820. The average Bonchev–Trinajstić information content (AvgIpc) is 3.44. The number of nitrogens with zero attached hydrogens (tertiary/aromatic N) is 3. The second-order valence-electron chi connectivity index (χ2n) is 8.27. The van der Waals surface area contributed by atoms with Crippen LogP contribution in [-0.4, -0.2) is 42.8 Å². The first-order valence-corrected chi connectivity index (χ1v) is 9.62. The highest BCUT2D eigenvalue weighted by atomic mass is 16.6. The first kappa shape index (κ1) is 18.6. The van der Waals surface area contributed by atoms with Crippen LogP contribution in [0.4, 0.5) is 10.5 Å². The van der Waals surface area contributed by atoms with E-state index in [1.807, 2.05) is 20.8 Å². The Bertz CT molecular complexity index is 718. The molecule has 0 N–H and O–H groups in total.